The first-order chi connectivity index (χ1) is 28.6. The lowest BCUT2D eigenvalue weighted by molar-refractivity contribution is 0.466. The maximum atomic E-state index is 12.1. The summed E-state index contributed by atoms with van der Waals surface area (Å²) >= 11 is 0. The number of hydrogen-bond donors (Lipinski definition) is 1. The fourth-order valence-corrected chi connectivity index (χ4v) is 7.70. The fraction of sp³-hybridized carbons (Fsp3) is 0.208. The molecule has 0 saturated carbocycles. The van der Waals surface area contributed by atoms with Crippen LogP contribution < -0.4 is 0 Å². The van der Waals surface area contributed by atoms with E-state index in [-0.39, 0.29) is 28.6 Å². The van der Waals surface area contributed by atoms with Gasteiger partial charge in [0.15, 0.2) is 0 Å². The van der Waals surface area contributed by atoms with E-state index in [1.165, 1.54) is 0 Å². The minimum Gasteiger partial charge on any atom is -0.507 e. The Morgan fingerprint density at radius 1 is 0.614 bits per heavy atom. The van der Waals surface area contributed by atoms with Crippen LogP contribution in [0.3, 0.4) is 0 Å². The van der Waals surface area contributed by atoms with Crippen molar-refractivity contribution in [2.45, 2.75) is 72.6 Å². The molecular formula is C53H51N3O. The molecule has 0 aliphatic carbocycles. The van der Waals surface area contributed by atoms with Crippen molar-refractivity contribution < 1.29 is 9.22 Å². The molecule has 0 aliphatic heterocycles. The maximum Gasteiger partial charge on any atom is 0.149 e. The largest absolute Gasteiger partial charge is 0.507 e. The molecule has 0 amide bonds. The Bertz CT molecular complexity index is 2850. The summed E-state index contributed by atoms with van der Waals surface area (Å²) in [7, 11) is 0. The molecule has 0 unspecified atom stereocenters. The van der Waals surface area contributed by atoms with Crippen molar-refractivity contribution >= 4 is 11.0 Å². The van der Waals surface area contributed by atoms with Crippen LogP contribution in [-0.4, -0.2) is 19.6 Å². The van der Waals surface area contributed by atoms with E-state index in [2.05, 4.69) is 97.0 Å². The van der Waals surface area contributed by atoms with E-state index in [0.717, 1.165) is 66.8 Å². The molecule has 4 nitrogen and oxygen atoms in total. The highest BCUT2D eigenvalue weighted by atomic mass is 16.3. The molecule has 2 heterocycles. The van der Waals surface area contributed by atoms with Crippen molar-refractivity contribution in [3.05, 3.63) is 168 Å². The van der Waals surface area contributed by atoms with Crippen molar-refractivity contribution in [2.75, 3.05) is 0 Å². The molecular weight excluding hydrogens is 695 g/mol. The van der Waals surface area contributed by atoms with Crippen LogP contribution in [0.15, 0.2) is 146 Å². The van der Waals surface area contributed by atoms with Gasteiger partial charge in [-0.05, 0) is 123 Å². The number of para-hydroxylation sites is 1. The molecule has 6 aromatic carbocycles. The molecule has 4 heteroatoms. The number of pyridine rings is 1. The van der Waals surface area contributed by atoms with E-state index >= 15 is 0 Å². The van der Waals surface area contributed by atoms with Crippen LogP contribution in [0.1, 0.15) is 86.7 Å². The van der Waals surface area contributed by atoms with Crippen LogP contribution in [0.25, 0.3) is 72.7 Å². The van der Waals surface area contributed by atoms with Crippen molar-refractivity contribution in [3.63, 3.8) is 0 Å². The third-order valence-corrected chi connectivity index (χ3v) is 11.0. The number of hydrogen-bond acceptors (Lipinski definition) is 3. The van der Waals surface area contributed by atoms with Crippen LogP contribution in [0.5, 0.6) is 5.75 Å². The number of phenols is 1. The molecule has 0 fully saturated rings. The molecule has 8 aromatic rings. The monoisotopic (exact) mass is 748 g/mol. The van der Waals surface area contributed by atoms with Crippen molar-refractivity contribution in [3.8, 4) is 67.5 Å². The maximum absolute atomic E-state index is 12.1. The minimum absolute atomic E-state index is 0.0516. The summed E-state index contributed by atoms with van der Waals surface area (Å²) < 4.78 is 28.1. The molecule has 284 valence electrons. The van der Waals surface area contributed by atoms with E-state index < -0.39 is 6.85 Å². The van der Waals surface area contributed by atoms with E-state index in [1.54, 1.807) is 6.07 Å². The minimum atomic E-state index is -2.40. The number of benzene rings is 6. The van der Waals surface area contributed by atoms with Gasteiger partial charge in [-0.1, -0.05) is 139 Å². The average Bonchev–Trinajstić information content (AvgIpc) is 3.63. The quantitative estimate of drug-likeness (QED) is 0.168. The number of aromatic hydroxyl groups is 1. The molecule has 0 spiro atoms. The van der Waals surface area contributed by atoms with E-state index in [1.807, 2.05) is 95.7 Å². The van der Waals surface area contributed by atoms with Gasteiger partial charge >= 0.3 is 0 Å². The second kappa shape index (κ2) is 15.0. The van der Waals surface area contributed by atoms with Gasteiger partial charge in [-0.3, -0.25) is 9.55 Å². The van der Waals surface area contributed by atoms with Gasteiger partial charge in [0.1, 0.15) is 11.6 Å². The summed E-state index contributed by atoms with van der Waals surface area (Å²) in [5.74, 6) is 0.949. The van der Waals surface area contributed by atoms with Crippen molar-refractivity contribution in [1.29, 1.82) is 0 Å². The molecule has 0 radical (unpaired) electrons. The summed E-state index contributed by atoms with van der Waals surface area (Å²) in [6.45, 7) is 12.7. The van der Waals surface area contributed by atoms with Gasteiger partial charge < -0.3 is 5.11 Å². The Balaban J connectivity index is 1.42. The van der Waals surface area contributed by atoms with Gasteiger partial charge in [0.25, 0.3) is 0 Å². The van der Waals surface area contributed by atoms with Gasteiger partial charge in [-0.2, -0.15) is 0 Å². The smallest absolute Gasteiger partial charge is 0.149 e. The SMILES string of the molecule is [2H]C([2H])([2H])c1cc(-n2c(-c3cc(C(C)C)cc(C(C)C)c3O)nc3c(-c4cc(-c5cc(-c6ccccc6)ccn5)cc(C(C)(C)C)c4)cccc32)ccc1-c1ccccc1. The van der Waals surface area contributed by atoms with Crippen LogP contribution in [0, 0.1) is 6.85 Å². The second-order valence-electron chi connectivity index (χ2n) is 16.7. The Kier molecular flexibility index (Phi) is 8.96. The summed E-state index contributed by atoms with van der Waals surface area (Å²) in [5, 5.41) is 12.1. The molecule has 0 saturated heterocycles. The predicted molar refractivity (Wildman–Crippen MR) is 239 cm³/mol. The third kappa shape index (κ3) is 7.29. The van der Waals surface area contributed by atoms with Crippen LogP contribution in [0.2, 0.25) is 0 Å². The zero-order valence-corrected chi connectivity index (χ0v) is 33.8. The number of imidazole rings is 1. The summed E-state index contributed by atoms with van der Waals surface area (Å²) in [6.07, 6.45) is 1.87. The topological polar surface area (TPSA) is 50.9 Å². The van der Waals surface area contributed by atoms with Crippen molar-refractivity contribution in [2.24, 2.45) is 0 Å². The summed E-state index contributed by atoms with van der Waals surface area (Å²) in [5.41, 5.74) is 13.4. The standard InChI is InChI=1S/C53H51N3O/c1-33(2)39-30-46(34(3)4)51(57)47(31-39)52-55-50-45(20-15-21-49(50)56(52)43-22-23-44(35(5)26-43)37-18-13-10-14-19-37)40-27-41(29-42(28-40)53(6,7)8)48-32-38(24-25-54-48)36-16-11-9-12-17-36/h9-34,57H,1-8H3/i5D3. The number of aryl methyl sites for hydroxylation is 1. The lowest BCUT2D eigenvalue weighted by Gasteiger charge is -2.22. The van der Waals surface area contributed by atoms with Gasteiger partial charge in [0.05, 0.1) is 22.3 Å². The first-order valence-corrected chi connectivity index (χ1v) is 19.8. The normalized spacial score (nSPS) is 12.9. The summed E-state index contributed by atoms with van der Waals surface area (Å²) in [4.78, 5) is 10.3. The Morgan fingerprint density at radius 3 is 2.02 bits per heavy atom. The Labute approximate surface area is 341 Å². The molecule has 0 bridgehead atoms. The van der Waals surface area contributed by atoms with E-state index in [0.29, 0.717) is 22.6 Å². The molecule has 0 atom stereocenters. The highest BCUT2D eigenvalue weighted by molar-refractivity contribution is 5.97. The Morgan fingerprint density at radius 2 is 1.33 bits per heavy atom. The first-order valence-electron chi connectivity index (χ1n) is 21.3. The fourth-order valence-electron chi connectivity index (χ4n) is 7.70. The zero-order valence-electron chi connectivity index (χ0n) is 36.8. The van der Waals surface area contributed by atoms with Crippen LogP contribution >= 0.6 is 0 Å². The molecule has 2 aromatic heterocycles. The number of phenolic OH excluding ortho intramolecular Hbond substituents is 1. The second-order valence-corrected chi connectivity index (χ2v) is 16.7. The zero-order chi connectivity index (χ0) is 42.5. The van der Waals surface area contributed by atoms with Gasteiger partial charge in [0.2, 0.25) is 0 Å². The van der Waals surface area contributed by atoms with Gasteiger partial charge in [-0.25, -0.2) is 4.98 Å². The lowest BCUT2D eigenvalue weighted by atomic mass is 9.83. The van der Waals surface area contributed by atoms with Crippen LogP contribution in [0.4, 0.5) is 0 Å². The molecule has 8 rings (SSSR count). The summed E-state index contributed by atoms with van der Waals surface area (Å²) in [6, 6.07) is 46.7. The molecule has 1 N–H and O–H groups in total. The Hall–Kier alpha value is -6.26. The first kappa shape index (κ1) is 34.0. The molecule has 0 aliphatic rings. The third-order valence-electron chi connectivity index (χ3n) is 11.0. The van der Waals surface area contributed by atoms with E-state index in [9.17, 15) is 5.11 Å². The van der Waals surface area contributed by atoms with Gasteiger partial charge in [0, 0.05) is 27.1 Å². The lowest BCUT2D eigenvalue weighted by Crippen LogP contribution is -2.11. The number of nitrogens with zero attached hydrogens (tertiary/aromatic N) is 3. The van der Waals surface area contributed by atoms with E-state index in [4.69, 9.17) is 14.1 Å². The average molecular weight is 749 g/mol. The number of rotatable bonds is 8. The molecule has 57 heavy (non-hydrogen) atoms. The predicted octanol–water partition coefficient (Wildman–Crippen LogP) is 14.3. The highest BCUT2D eigenvalue weighted by Gasteiger charge is 2.25. The van der Waals surface area contributed by atoms with Crippen LogP contribution in [-0.2, 0) is 5.41 Å². The highest BCUT2D eigenvalue weighted by Crippen LogP contribution is 2.43. The van der Waals surface area contributed by atoms with Gasteiger partial charge in [-0.15, -0.1) is 0 Å². The number of aromatic nitrogens is 3. The number of fused-ring (bicyclic) bond motifs is 1. The van der Waals surface area contributed by atoms with Crippen molar-refractivity contribution in [1.82, 2.24) is 14.5 Å².